The van der Waals surface area contributed by atoms with Gasteiger partial charge in [0, 0.05) is 18.3 Å². The molecular weight excluding hydrogens is 242 g/mol. The fourth-order valence-corrected chi connectivity index (χ4v) is 3.11. The highest BCUT2D eigenvalue weighted by molar-refractivity contribution is 7.99. The van der Waals surface area contributed by atoms with E-state index in [1.165, 1.54) is 19.3 Å². The first-order valence-corrected chi connectivity index (χ1v) is 7.29. The summed E-state index contributed by atoms with van der Waals surface area (Å²) in [6.07, 6.45) is 7.80. The predicted molar refractivity (Wildman–Crippen MR) is 70.0 cm³/mol. The predicted octanol–water partition coefficient (Wildman–Crippen LogP) is 2.45. The van der Waals surface area contributed by atoms with Gasteiger partial charge in [0.1, 0.15) is 11.0 Å². The highest BCUT2D eigenvalue weighted by Crippen LogP contribution is 2.28. The zero-order chi connectivity index (χ0) is 11.5. The Kier molecular flexibility index (Phi) is 4.16. The Hall–Kier alpha value is -0.190. The third kappa shape index (κ3) is 2.73. The Morgan fingerprint density at radius 2 is 2.44 bits per heavy atom. The van der Waals surface area contributed by atoms with Crippen LogP contribution in [-0.2, 0) is 13.6 Å². The first-order chi connectivity index (χ1) is 7.70. The van der Waals surface area contributed by atoms with E-state index in [-0.39, 0.29) is 0 Å². The van der Waals surface area contributed by atoms with E-state index in [0.717, 1.165) is 17.6 Å². The van der Waals surface area contributed by atoms with Crippen LogP contribution in [-0.4, -0.2) is 27.1 Å². The summed E-state index contributed by atoms with van der Waals surface area (Å²) in [4.78, 5) is 4.28. The maximum absolute atomic E-state index is 5.94. The Labute approximate surface area is 106 Å². The topological polar surface area (TPSA) is 29.9 Å². The van der Waals surface area contributed by atoms with E-state index in [1.54, 1.807) is 6.20 Å². The maximum Gasteiger partial charge on any atom is 0.128 e. The van der Waals surface area contributed by atoms with Crippen molar-refractivity contribution < 1.29 is 0 Å². The first-order valence-electron chi connectivity index (χ1n) is 5.63. The molecule has 0 aromatic carbocycles. The highest BCUT2D eigenvalue weighted by Gasteiger charge is 2.23. The second-order valence-electron chi connectivity index (χ2n) is 4.30. The van der Waals surface area contributed by atoms with Crippen LogP contribution in [0, 0.1) is 0 Å². The van der Waals surface area contributed by atoms with Crippen LogP contribution >= 0.6 is 23.4 Å². The lowest BCUT2D eigenvalue weighted by Gasteiger charge is -2.12. The van der Waals surface area contributed by atoms with Crippen LogP contribution in [0.15, 0.2) is 6.20 Å². The molecule has 2 unspecified atom stereocenters. The molecule has 1 aliphatic carbocycles. The van der Waals surface area contributed by atoms with Crippen molar-refractivity contribution in [1.29, 1.82) is 0 Å². The number of hydrogen-bond donors (Lipinski definition) is 1. The van der Waals surface area contributed by atoms with Gasteiger partial charge in [-0.05, 0) is 25.5 Å². The van der Waals surface area contributed by atoms with Crippen molar-refractivity contribution in [3.05, 3.63) is 17.2 Å². The van der Waals surface area contributed by atoms with Crippen molar-refractivity contribution in [2.24, 2.45) is 7.05 Å². The summed E-state index contributed by atoms with van der Waals surface area (Å²) >= 11 is 7.92. The summed E-state index contributed by atoms with van der Waals surface area (Å²) in [5.74, 6) is 1.01. The molecule has 0 spiro atoms. The molecule has 0 aliphatic heterocycles. The molecule has 0 bridgehead atoms. The summed E-state index contributed by atoms with van der Waals surface area (Å²) < 4.78 is 1.93. The van der Waals surface area contributed by atoms with Gasteiger partial charge >= 0.3 is 0 Å². The van der Waals surface area contributed by atoms with Crippen molar-refractivity contribution in [3.63, 3.8) is 0 Å². The molecule has 0 radical (unpaired) electrons. The maximum atomic E-state index is 5.94. The summed E-state index contributed by atoms with van der Waals surface area (Å²) in [7, 11) is 1.95. The van der Waals surface area contributed by atoms with Gasteiger partial charge in [0.05, 0.1) is 12.7 Å². The van der Waals surface area contributed by atoms with Crippen molar-refractivity contribution in [3.8, 4) is 0 Å². The molecule has 3 nitrogen and oxygen atoms in total. The fraction of sp³-hybridized carbons (Fsp3) is 0.727. The number of thioether (sulfide) groups is 1. The average Bonchev–Trinajstić information content (AvgIpc) is 2.86. The Morgan fingerprint density at radius 3 is 3.00 bits per heavy atom. The minimum atomic E-state index is 0.646. The van der Waals surface area contributed by atoms with Crippen LogP contribution in [0.5, 0.6) is 0 Å². The average molecular weight is 260 g/mol. The molecule has 1 N–H and O–H groups in total. The van der Waals surface area contributed by atoms with Crippen LogP contribution in [0.25, 0.3) is 0 Å². The van der Waals surface area contributed by atoms with E-state index in [2.05, 4.69) is 16.6 Å². The lowest BCUT2D eigenvalue weighted by Crippen LogP contribution is -2.27. The molecule has 5 heteroatoms. The number of halogens is 1. The highest BCUT2D eigenvalue weighted by atomic mass is 35.5. The van der Waals surface area contributed by atoms with Crippen LogP contribution in [0.4, 0.5) is 0 Å². The Balaban J connectivity index is 1.82. The molecule has 1 fully saturated rings. The molecule has 1 aromatic heterocycles. The molecular formula is C11H18ClN3S. The van der Waals surface area contributed by atoms with Gasteiger partial charge in [0.2, 0.25) is 0 Å². The van der Waals surface area contributed by atoms with Crippen LogP contribution < -0.4 is 5.32 Å². The van der Waals surface area contributed by atoms with Gasteiger partial charge in [-0.3, -0.25) is 0 Å². The Morgan fingerprint density at radius 1 is 1.62 bits per heavy atom. The molecule has 16 heavy (non-hydrogen) atoms. The summed E-state index contributed by atoms with van der Waals surface area (Å²) in [6, 6.07) is 0.646. The van der Waals surface area contributed by atoms with Gasteiger partial charge in [0.15, 0.2) is 0 Å². The molecule has 1 aliphatic rings. The minimum Gasteiger partial charge on any atom is -0.321 e. The summed E-state index contributed by atoms with van der Waals surface area (Å²) in [6.45, 7) is 0.814. The van der Waals surface area contributed by atoms with Gasteiger partial charge in [-0.2, -0.15) is 11.8 Å². The summed E-state index contributed by atoms with van der Waals surface area (Å²) in [5.41, 5.74) is 0. The van der Waals surface area contributed by atoms with E-state index in [0.29, 0.717) is 11.2 Å². The van der Waals surface area contributed by atoms with E-state index in [1.807, 2.05) is 23.4 Å². The van der Waals surface area contributed by atoms with Crippen molar-refractivity contribution >= 4 is 23.4 Å². The van der Waals surface area contributed by atoms with Gasteiger partial charge in [0.25, 0.3) is 0 Å². The van der Waals surface area contributed by atoms with Gasteiger partial charge in [-0.25, -0.2) is 4.98 Å². The monoisotopic (exact) mass is 259 g/mol. The second kappa shape index (κ2) is 5.43. The molecule has 2 rings (SSSR count). The van der Waals surface area contributed by atoms with Crippen LogP contribution in [0.3, 0.4) is 0 Å². The largest absolute Gasteiger partial charge is 0.321 e. The van der Waals surface area contributed by atoms with E-state index >= 15 is 0 Å². The summed E-state index contributed by atoms with van der Waals surface area (Å²) in [5, 5.41) is 5.10. The van der Waals surface area contributed by atoms with E-state index < -0.39 is 0 Å². The normalized spacial score (nSPS) is 25.2. The molecule has 90 valence electrons. The zero-order valence-electron chi connectivity index (χ0n) is 9.74. The van der Waals surface area contributed by atoms with Crippen molar-refractivity contribution in [2.45, 2.75) is 37.1 Å². The third-order valence-corrected chi connectivity index (χ3v) is 4.74. The Bertz CT molecular complexity index is 353. The fourth-order valence-electron chi connectivity index (χ4n) is 2.16. The number of nitrogens with one attached hydrogen (secondary N) is 1. The lowest BCUT2D eigenvalue weighted by atomic mass is 10.2. The zero-order valence-corrected chi connectivity index (χ0v) is 11.3. The van der Waals surface area contributed by atoms with Gasteiger partial charge < -0.3 is 9.88 Å². The smallest absolute Gasteiger partial charge is 0.128 e. The second-order valence-corrected chi connectivity index (χ2v) is 5.83. The van der Waals surface area contributed by atoms with Gasteiger partial charge in [-0.1, -0.05) is 11.6 Å². The molecule has 1 aromatic rings. The van der Waals surface area contributed by atoms with Crippen LogP contribution in [0.1, 0.15) is 25.1 Å². The number of nitrogens with zero attached hydrogens (tertiary/aromatic N) is 2. The minimum absolute atomic E-state index is 0.646. The number of rotatable bonds is 4. The standard InChI is InChI=1S/C11H18ClN3S/c1-15-10(12)6-14-11(15)7-13-8-3-4-9(5-8)16-2/h6,8-9,13H,3-5,7H2,1-2H3. The lowest BCUT2D eigenvalue weighted by molar-refractivity contribution is 0.508. The SMILES string of the molecule is CSC1CCC(NCc2ncc(Cl)n2C)C1. The first kappa shape index (κ1) is 12.3. The molecule has 0 saturated heterocycles. The van der Waals surface area contributed by atoms with Crippen molar-refractivity contribution in [2.75, 3.05) is 6.26 Å². The molecule has 2 atom stereocenters. The van der Waals surface area contributed by atoms with E-state index in [4.69, 9.17) is 11.6 Å². The van der Waals surface area contributed by atoms with Crippen molar-refractivity contribution in [1.82, 2.24) is 14.9 Å². The third-order valence-electron chi connectivity index (χ3n) is 3.29. The number of hydrogen-bond acceptors (Lipinski definition) is 3. The molecule has 0 amide bonds. The molecule has 1 saturated carbocycles. The quantitative estimate of drug-likeness (QED) is 0.901. The van der Waals surface area contributed by atoms with Gasteiger partial charge in [-0.15, -0.1) is 0 Å². The van der Waals surface area contributed by atoms with E-state index in [9.17, 15) is 0 Å². The molecule has 1 heterocycles. The van der Waals surface area contributed by atoms with Crippen LogP contribution in [0.2, 0.25) is 5.15 Å². The number of imidazole rings is 1. The number of aromatic nitrogens is 2.